The number of esters is 1. The maximum atomic E-state index is 12.3. The zero-order chi connectivity index (χ0) is 18.0. The van der Waals surface area contributed by atoms with Gasteiger partial charge in [0, 0.05) is 13.3 Å². The number of rotatable bonds is 4. The average Bonchev–Trinajstić information content (AvgIpc) is 3.07. The topological polar surface area (TPSA) is 125 Å². The summed E-state index contributed by atoms with van der Waals surface area (Å²) in [4.78, 5) is 35.6. The minimum Gasteiger partial charge on any atom is -0.460 e. The summed E-state index contributed by atoms with van der Waals surface area (Å²) in [6.45, 7) is 3.20. The molecule has 4 N–H and O–H groups in total. The van der Waals surface area contributed by atoms with E-state index in [9.17, 15) is 14.4 Å². The van der Waals surface area contributed by atoms with E-state index in [0.717, 1.165) is 25.9 Å². The summed E-state index contributed by atoms with van der Waals surface area (Å²) in [5.74, 6) is -0.593. The van der Waals surface area contributed by atoms with E-state index in [-0.39, 0.29) is 36.0 Å². The molecule has 9 nitrogen and oxygen atoms in total. The van der Waals surface area contributed by atoms with Crippen LogP contribution in [0.15, 0.2) is 4.47 Å². The van der Waals surface area contributed by atoms with Gasteiger partial charge in [0.1, 0.15) is 11.8 Å². The van der Waals surface area contributed by atoms with Gasteiger partial charge in [0.15, 0.2) is 5.82 Å². The number of halogens is 1. The van der Waals surface area contributed by atoms with Crippen molar-refractivity contribution in [1.29, 1.82) is 0 Å². The van der Waals surface area contributed by atoms with Crippen LogP contribution in [0.1, 0.15) is 36.7 Å². The minimum atomic E-state index is -0.409. The number of carbonyl (C=O) groups is 3. The Morgan fingerprint density at radius 2 is 2.12 bits per heavy atom. The van der Waals surface area contributed by atoms with E-state index in [1.807, 2.05) is 0 Å². The molecule has 2 aliphatic rings. The standard InChI is InChI=1S/C15H20BrN5O4/c1-8(22)19-12-10(16)11(20-21-12)13(23)18-7-9-6-15(14(24)25-9)2-4-17-5-3-15/h9,17H,2-7H2,1H3,(H,18,23)(H2,19,20,21,22). The summed E-state index contributed by atoms with van der Waals surface area (Å²) >= 11 is 3.24. The molecule has 0 aromatic carbocycles. The van der Waals surface area contributed by atoms with E-state index in [4.69, 9.17) is 4.74 Å². The molecule has 0 aliphatic carbocycles. The number of aromatic nitrogens is 2. The molecule has 1 unspecified atom stereocenters. The van der Waals surface area contributed by atoms with Gasteiger partial charge in [-0.3, -0.25) is 19.5 Å². The Labute approximate surface area is 152 Å². The number of ether oxygens (including phenoxy) is 1. The number of carbonyl (C=O) groups excluding carboxylic acids is 3. The van der Waals surface area contributed by atoms with Gasteiger partial charge in [0.2, 0.25) is 5.91 Å². The number of nitrogens with zero attached hydrogens (tertiary/aromatic N) is 1. The second-order valence-electron chi connectivity index (χ2n) is 6.41. The largest absolute Gasteiger partial charge is 0.460 e. The SMILES string of the molecule is CC(=O)Nc1n[nH]c(C(=O)NCC2CC3(CCNCC3)C(=O)O2)c1Br. The van der Waals surface area contributed by atoms with Crippen molar-refractivity contribution in [2.24, 2.45) is 5.41 Å². The number of H-pyrrole nitrogens is 1. The third-order valence-corrected chi connectivity index (χ3v) is 5.38. The lowest BCUT2D eigenvalue weighted by molar-refractivity contribution is -0.149. The van der Waals surface area contributed by atoms with E-state index in [2.05, 4.69) is 42.1 Å². The molecule has 1 aromatic rings. The number of hydrogen-bond acceptors (Lipinski definition) is 6. The van der Waals surface area contributed by atoms with Gasteiger partial charge < -0.3 is 20.7 Å². The summed E-state index contributed by atoms with van der Waals surface area (Å²) < 4.78 is 5.83. The Hall–Kier alpha value is -1.94. The summed E-state index contributed by atoms with van der Waals surface area (Å²) in [6, 6.07) is 0. The average molecular weight is 414 g/mol. The molecule has 10 heteroatoms. The van der Waals surface area contributed by atoms with Crippen molar-refractivity contribution in [2.45, 2.75) is 32.3 Å². The fourth-order valence-electron chi connectivity index (χ4n) is 3.29. The van der Waals surface area contributed by atoms with Crippen molar-refractivity contribution in [3.63, 3.8) is 0 Å². The molecule has 2 fully saturated rings. The third kappa shape index (κ3) is 3.69. The molecule has 1 spiro atoms. The fraction of sp³-hybridized carbons (Fsp3) is 0.600. The van der Waals surface area contributed by atoms with Gasteiger partial charge in [0.25, 0.3) is 5.91 Å². The van der Waals surface area contributed by atoms with Crippen molar-refractivity contribution in [1.82, 2.24) is 20.8 Å². The van der Waals surface area contributed by atoms with Crippen molar-refractivity contribution < 1.29 is 19.1 Å². The van der Waals surface area contributed by atoms with E-state index >= 15 is 0 Å². The highest BCUT2D eigenvalue weighted by molar-refractivity contribution is 9.10. The highest BCUT2D eigenvalue weighted by Gasteiger charge is 2.49. The van der Waals surface area contributed by atoms with Crippen LogP contribution in [0.4, 0.5) is 5.82 Å². The van der Waals surface area contributed by atoms with Crippen molar-refractivity contribution in [2.75, 3.05) is 25.0 Å². The Morgan fingerprint density at radius 1 is 1.40 bits per heavy atom. The van der Waals surface area contributed by atoms with Crippen LogP contribution in [0.3, 0.4) is 0 Å². The summed E-state index contributed by atoms with van der Waals surface area (Å²) in [5, 5.41) is 15.0. The zero-order valence-electron chi connectivity index (χ0n) is 13.8. The van der Waals surface area contributed by atoms with E-state index in [1.165, 1.54) is 6.92 Å². The summed E-state index contributed by atoms with van der Waals surface area (Å²) in [5.41, 5.74) is -0.210. The predicted octanol–water partition coefficient (Wildman–Crippen LogP) is 0.546. The maximum absolute atomic E-state index is 12.3. The molecule has 0 bridgehead atoms. The molecule has 136 valence electrons. The Bertz CT molecular complexity index is 698. The molecular formula is C15H20BrN5O4. The third-order valence-electron chi connectivity index (χ3n) is 4.60. The van der Waals surface area contributed by atoms with Gasteiger partial charge in [-0.1, -0.05) is 0 Å². The number of nitrogens with one attached hydrogen (secondary N) is 4. The first-order valence-electron chi connectivity index (χ1n) is 8.13. The molecule has 3 heterocycles. The van der Waals surface area contributed by atoms with Crippen molar-refractivity contribution in [3.8, 4) is 0 Å². The Kier molecular flexibility index (Phi) is 5.09. The molecule has 2 amide bonds. The molecule has 3 rings (SSSR count). The molecule has 2 saturated heterocycles. The van der Waals surface area contributed by atoms with Gasteiger partial charge in [-0.25, -0.2) is 0 Å². The minimum absolute atomic E-state index is 0.163. The maximum Gasteiger partial charge on any atom is 0.312 e. The van der Waals surface area contributed by atoms with Gasteiger partial charge in [-0.05, 0) is 41.9 Å². The summed E-state index contributed by atoms with van der Waals surface area (Å²) in [6.07, 6.45) is 1.83. The van der Waals surface area contributed by atoms with E-state index in [1.54, 1.807) is 0 Å². The van der Waals surface area contributed by atoms with Gasteiger partial charge in [-0.15, -0.1) is 0 Å². The highest BCUT2D eigenvalue weighted by atomic mass is 79.9. The molecule has 25 heavy (non-hydrogen) atoms. The molecular weight excluding hydrogens is 394 g/mol. The van der Waals surface area contributed by atoms with E-state index < -0.39 is 11.3 Å². The number of cyclic esters (lactones) is 1. The van der Waals surface area contributed by atoms with Crippen LogP contribution in [0.25, 0.3) is 0 Å². The number of piperidine rings is 1. The van der Waals surface area contributed by atoms with Crippen LogP contribution in [0.5, 0.6) is 0 Å². The predicted molar refractivity (Wildman–Crippen MR) is 92.0 cm³/mol. The van der Waals surface area contributed by atoms with Crippen LogP contribution in [-0.2, 0) is 14.3 Å². The lowest BCUT2D eigenvalue weighted by Crippen LogP contribution is -2.39. The molecule has 0 saturated carbocycles. The fourth-order valence-corrected chi connectivity index (χ4v) is 3.74. The van der Waals surface area contributed by atoms with Crippen LogP contribution in [-0.4, -0.2) is 53.7 Å². The van der Waals surface area contributed by atoms with Crippen LogP contribution in [0.2, 0.25) is 0 Å². The monoisotopic (exact) mass is 413 g/mol. The molecule has 1 atom stereocenters. The quantitative estimate of drug-likeness (QED) is 0.534. The van der Waals surface area contributed by atoms with Crippen LogP contribution >= 0.6 is 15.9 Å². The van der Waals surface area contributed by atoms with Crippen LogP contribution < -0.4 is 16.0 Å². The van der Waals surface area contributed by atoms with Crippen LogP contribution in [0, 0.1) is 5.41 Å². The number of anilines is 1. The van der Waals surface area contributed by atoms with Gasteiger partial charge >= 0.3 is 5.97 Å². The van der Waals surface area contributed by atoms with Gasteiger partial charge in [-0.2, -0.15) is 5.10 Å². The Balaban J connectivity index is 1.57. The second kappa shape index (κ2) is 7.12. The smallest absolute Gasteiger partial charge is 0.312 e. The lowest BCUT2D eigenvalue weighted by atomic mass is 9.76. The highest BCUT2D eigenvalue weighted by Crippen LogP contribution is 2.41. The zero-order valence-corrected chi connectivity index (χ0v) is 15.4. The second-order valence-corrected chi connectivity index (χ2v) is 7.21. The Morgan fingerprint density at radius 3 is 2.80 bits per heavy atom. The summed E-state index contributed by atoms with van der Waals surface area (Å²) in [7, 11) is 0. The first kappa shape index (κ1) is 17.9. The van der Waals surface area contributed by atoms with Crippen molar-refractivity contribution in [3.05, 3.63) is 10.2 Å². The lowest BCUT2D eigenvalue weighted by Gasteiger charge is -2.29. The first-order chi connectivity index (χ1) is 11.9. The molecule has 0 radical (unpaired) electrons. The molecule has 2 aliphatic heterocycles. The normalized spacial score (nSPS) is 21.8. The first-order valence-corrected chi connectivity index (χ1v) is 8.92. The van der Waals surface area contributed by atoms with Crippen molar-refractivity contribution >= 4 is 39.5 Å². The number of amides is 2. The number of hydrogen-bond donors (Lipinski definition) is 4. The van der Waals surface area contributed by atoms with Gasteiger partial charge in [0.05, 0.1) is 16.4 Å². The number of aromatic amines is 1. The molecule has 1 aromatic heterocycles. The van der Waals surface area contributed by atoms with E-state index in [0.29, 0.717) is 10.9 Å².